The molecular weight excluding hydrogens is 364 g/mol. The highest BCUT2D eigenvalue weighted by Gasteiger charge is 2.14. The van der Waals surface area contributed by atoms with Gasteiger partial charge in [-0.25, -0.2) is 0 Å². The smallest absolute Gasteiger partial charge is 0.264 e. The van der Waals surface area contributed by atoms with E-state index in [-0.39, 0.29) is 22.3 Å². The topological polar surface area (TPSA) is 82.8 Å². The lowest BCUT2D eigenvalue weighted by Crippen LogP contribution is -2.23. The normalized spacial score (nSPS) is 12.6. The third kappa shape index (κ3) is 5.05. The van der Waals surface area contributed by atoms with Crippen molar-refractivity contribution in [1.82, 2.24) is 14.5 Å². The Hall–Kier alpha value is -2.45. The molecule has 2 N–H and O–H groups in total. The molecule has 0 aliphatic carbocycles. The van der Waals surface area contributed by atoms with Crippen molar-refractivity contribution in [2.24, 2.45) is 4.99 Å². The molecule has 0 saturated heterocycles. The van der Waals surface area contributed by atoms with E-state index in [1.165, 1.54) is 10.8 Å². The summed E-state index contributed by atoms with van der Waals surface area (Å²) in [7, 11) is 5.57. The van der Waals surface area contributed by atoms with E-state index in [4.69, 9.17) is 17.0 Å². The van der Waals surface area contributed by atoms with Gasteiger partial charge in [0.15, 0.2) is 4.77 Å². The van der Waals surface area contributed by atoms with Crippen LogP contribution >= 0.6 is 12.2 Å². The molecule has 146 valence electrons. The molecule has 0 aliphatic rings. The standard InChI is InChI=1S/C19H26N4O3S/c1-5-10-23-18(25)15(17(24)21-19(23)27)11-20-12-16(22(2)3)13-6-8-14(26-4)9-7-13/h6-9,11,16,25H,5,10,12H2,1-4H3,(H,21,24,27)/t16-/m1/s1. The maximum absolute atomic E-state index is 12.2. The van der Waals surface area contributed by atoms with Gasteiger partial charge in [0.05, 0.1) is 19.7 Å². The summed E-state index contributed by atoms with van der Waals surface area (Å²) in [5.41, 5.74) is 0.752. The van der Waals surface area contributed by atoms with E-state index in [9.17, 15) is 9.90 Å². The van der Waals surface area contributed by atoms with E-state index >= 15 is 0 Å². The first-order valence-electron chi connectivity index (χ1n) is 8.75. The summed E-state index contributed by atoms with van der Waals surface area (Å²) in [4.78, 5) is 21.2. The number of methoxy groups -OCH3 is 1. The Bertz CT molecular complexity index is 901. The Balaban J connectivity index is 2.27. The first kappa shape index (κ1) is 20.9. The summed E-state index contributed by atoms with van der Waals surface area (Å²) in [6.07, 6.45) is 2.19. The van der Waals surface area contributed by atoms with Gasteiger partial charge >= 0.3 is 0 Å². The summed E-state index contributed by atoms with van der Waals surface area (Å²) < 4.78 is 6.91. The van der Waals surface area contributed by atoms with Crippen LogP contribution in [0.15, 0.2) is 34.1 Å². The lowest BCUT2D eigenvalue weighted by molar-refractivity contribution is 0.306. The molecule has 27 heavy (non-hydrogen) atoms. The fourth-order valence-corrected chi connectivity index (χ4v) is 3.03. The molecule has 2 rings (SSSR count). The number of nitrogens with zero attached hydrogens (tertiary/aromatic N) is 3. The number of nitrogens with one attached hydrogen (secondary N) is 1. The lowest BCUT2D eigenvalue weighted by atomic mass is 10.1. The van der Waals surface area contributed by atoms with Crippen LogP contribution in [0.1, 0.15) is 30.5 Å². The molecule has 0 radical (unpaired) electrons. The quantitative estimate of drug-likeness (QED) is 0.535. The summed E-state index contributed by atoms with van der Waals surface area (Å²) in [6, 6.07) is 7.81. The number of likely N-dealkylation sites (N-methyl/N-ethyl adjacent to an activating group) is 1. The molecule has 0 spiro atoms. The molecule has 1 aromatic carbocycles. The Morgan fingerprint density at radius 2 is 2.04 bits per heavy atom. The number of benzene rings is 1. The number of aromatic amines is 1. The number of hydrogen-bond acceptors (Lipinski definition) is 6. The predicted octanol–water partition coefficient (Wildman–Crippen LogP) is 2.75. The first-order valence-corrected chi connectivity index (χ1v) is 9.16. The van der Waals surface area contributed by atoms with E-state index in [0.717, 1.165) is 17.7 Å². The maximum atomic E-state index is 12.2. The summed E-state index contributed by atoms with van der Waals surface area (Å²) in [5.74, 6) is 0.640. The van der Waals surface area contributed by atoms with Gasteiger partial charge in [0, 0.05) is 12.8 Å². The minimum atomic E-state index is -0.445. The second-order valence-electron chi connectivity index (χ2n) is 6.40. The molecule has 0 unspecified atom stereocenters. The highest BCUT2D eigenvalue weighted by molar-refractivity contribution is 7.71. The zero-order valence-electron chi connectivity index (χ0n) is 16.1. The summed E-state index contributed by atoms with van der Waals surface area (Å²) >= 11 is 5.11. The van der Waals surface area contributed by atoms with Crippen molar-refractivity contribution in [2.45, 2.75) is 25.9 Å². The van der Waals surface area contributed by atoms with Gasteiger partial charge in [-0.2, -0.15) is 0 Å². The number of H-pyrrole nitrogens is 1. The highest BCUT2D eigenvalue weighted by atomic mass is 32.1. The Labute approximate surface area is 164 Å². The van der Waals surface area contributed by atoms with Crippen LogP contribution in [-0.2, 0) is 6.54 Å². The van der Waals surface area contributed by atoms with Gasteiger partial charge in [-0.05, 0) is 50.4 Å². The van der Waals surface area contributed by atoms with Crippen molar-refractivity contribution < 1.29 is 9.84 Å². The van der Waals surface area contributed by atoms with Crippen LogP contribution in [0.2, 0.25) is 0 Å². The van der Waals surface area contributed by atoms with E-state index in [2.05, 4.69) is 9.98 Å². The Morgan fingerprint density at radius 1 is 1.37 bits per heavy atom. The molecule has 0 saturated carbocycles. The van der Waals surface area contributed by atoms with Crippen LogP contribution < -0.4 is 10.3 Å². The molecule has 1 atom stereocenters. The zero-order chi connectivity index (χ0) is 20.0. The van der Waals surface area contributed by atoms with E-state index in [1.807, 2.05) is 50.2 Å². The number of aromatic hydroxyl groups is 1. The minimum Gasteiger partial charge on any atom is -0.497 e. The molecule has 0 amide bonds. The van der Waals surface area contributed by atoms with Crippen molar-refractivity contribution in [1.29, 1.82) is 0 Å². The van der Waals surface area contributed by atoms with Gasteiger partial charge in [0.2, 0.25) is 5.88 Å². The molecular formula is C19H26N4O3S. The Kier molecular flexibility index (Phi) is 7.32. The number of hydrogen-bond donors (Lipinski definition) is 2. The van der Waals surface area contributed by atoms with E-state index < -0.39 is 5.56 Å². The average Bonchev–Trinajstić information content (AvgIpc) is 2.64. The van der Waals surface area contributed by atoms with Crippen molar-refractivity contribution in [2.75, 3.05) is 27.7 Å². The third-order valence-corrected chi connectivity index (χ3v) is 4.60. The van der Waals surface area contributed by atoms with Gasteiger partial charge in [-0.3, -0.25) is 19.3 Å². The van der Waals surface area contributed by atoms with Gasteiger partial charge < -0.3 is 14.7 Å². The predicted molar refractivity (Wildman–Crippen MR) is 110 cm³/mol. The van der Waals surface area contributed by atoms with Crippen LogP contribution in [-0.4, -0.2) is 53.5 Å². The maximum Gasteiger partial charge on any atom is 0.264 e. The van der Waals surface area contributed by atoms with E-state index in [0.29, 0.717) is 13.1 Å². The Morgan fingerprint density at radius 3 is 2.59 bits per heavy atom. The fourth-order valence-electron chi connectivity index (χ4n) is 2.76. The summed E-state index contributed by atoms with van der Waals surface area (Å²) in [6.45, 7) is 2.92. The molecule has 0 aliphatic heterocycles. The molecule has 8 heteroatoms. The SMILES string of the molecule is CCCn1c(O)c(C=NC[C@H](c2ccc(OC)cc2)N(C)C)c(=O)[nH]c1=S. The fraction of sp³-hybridized carbons (Fsp3) is 0.421. The van der Waals surface area contributed by atoms with Crippen molar-refractivity contribution in [3.05, 3.63) is 50.5 Å². The lowest BCUT2D eigenvalue weighted by Gasteiger charge is -2.23. The van der Waals surface area contributed by atoms with Gasteiger partial charge in [0.25, 0.3) is 5.56 Å². The molecule has 1 aromatic heterocycles. The summed E-state index contributed by atoms with van der Waals surface area (Å²) in [5, 5.41) is 10.4. The van der Waals surface area contributed by atoms with Crippen molar-refractivity contribution >= 4 is 18.4 Å². The number of ether oxygens (including phenoxy) is 1. The largest absolute Gasteiger partial charge is 0.497 e. The van der Waals surface area contributed by atoms with Crippen molar-refractivity contribution in [3.8, 4) is 11.6 Å². The molecule has 2 aromatic rings. The third-order valence-electron chi connectivity index (χ3n) is 4.28. The van der Waals surface area contributed by atoms with Crippen LogP contribution in [0, 0.1) is 4.77 Å². The second-order valence-corrected chi connectivity index (χ2v) is 6.78. The minimum absolute atomic E-state index is 0.0226. The van der Waals surface area contributed by atoms with Crippen LogP contribution in [0.25, 0.3) is 0 Å². The zero-order valence-corrected chi connectivity index (χ0v) is 16.9. The second kappa shape index (κ2) is 9.48. The number of aromatic nitrogens is 2. The highest BCUT2D eigenvalue weighted by Crippen LogP contribution is 2.22. The molecule has 1 heterocycles. The molecule has 7 nitrogen and oxygen atoms in total. The van der Waals surface area contributed by atoms with Gasteiger partial charge in [0.1, 0.15) is 11.3 Å². The van der Waals surface area contributed by atoms with Gasteiger partial charge in [-0.1, -0.05) is 19.1 Å². The van der Waals surface area contributed by atoms with Crippen LogP contribution in [0.3, 0.4) is 0 Å². The average molecular weight is 391 g/mol. The van der Waals surface area contributed by atoms with Gasteiger partial charge in [-0.15, -0.1) is 0 Å². The number of aliphatic imine (C=N–C) groups is 1. The molecule has 0 fully saturated rings. The monoisotopic (exact) mass is 390 g/mol. The van der Waals surface area contributed by atoms with Crippen molar-refractivity contribution in [3.63, 3.8) is 0 Å². The number of rotatable bonds is 8. The van der Waals surface area contributed by atoms with Crippen LogP contribution in [0.4, 0.5) is 0 Å². The first-order chi connectivity index (χ1) is 12.9. The molecule has 0 bridgehead atoms. The van der Waals surface area contributed by atoms with E-state index in [1.54, 1.807) is 7.11 Å². The van der Waals surface area contributed by atoms with Crippen LogP contribution in [0.5, 0.6) is 11.6 Å².